The van der Waals surface area contributed by atoms with Crippen molar-refractivity contribution in [2.45, 2.75) is 31.6 Å². The van der Waals surface area contributed by atoms with E-state index in [9.17, 15) is 13.5 Å². The van der Waals surface area contributed by atoms with Crippen LogP contribution in [0.25, 0.3) is 0 Å². The Balaban J connectivity index is 2.33. The minimum atomic E-state index is -3.85. The third-order valence-corrected chi connectivity index (χ3v) is 7.83. The van der Waals surface area contributed by atoms with Crippen molar-refractivity contribution < 1.29 is 18.3 Å². The lowest BCUT2D eigenvalue weighted by molar-refractivity contribution is 0.137. The number of ether oxygens (including phenoxy) is 1. The molecule has 0 amide bonds. The van der Waals surface area contributed by atoms with Gasteiger partial charge in [-0.2, -0.15) is 0 Å². The number of methoxy groups -OCH3 is 1. The fourth-order valence-electron chi connectivity index (χ4n) is 3.65. The molecule has 1 aliphatic heterocycles. The first-order valence-corrected chi connectivity index (χ1v) is 11.2. The van der Waals surface area contributed by atoms with Crippen molar-refractivity contribution in [1.29, 1.82) is 0 Å². The average molecular weight is 421 g/mol. The molecular weight excluding hydrogens is 388 g/mol. The van der Waals surface area contributed by atoms with Crippen molar-refractivity contribution in [3.63, 3.8) is 0 Å². The van der Waals surface area contributed by atoms with Gasteiger partial charge in [0.2, 0.25) is 10.0 Å². The molecule has 29 heavy (non-hydrogen) atoms. The van der Waals surface area contributed by atoms with Crippen molar-refractivity contribution in [2.75, 3.05) is 37.6 Å². The molecule has 7 heteroatoms. The number of hydrogen-bond acceptors (Lipinski definition) is 5. The van der Waals surface area contributed by atoms with E-state index < -0.39 is 20.9 Å². The van der Waals surface area contributed by atoms with E-state index in [-0.39, 0.29) is 13.1 Å². The van der Waals surface area contributed by atoms with E-state index in [1.54, 1.807) is 31.4 Å². The molecule has 1 aliphatic rings. The van der Waals surface area contributed by atoms with Crippen molar-refractivity contribution in [1.82, 2.24) is 4.90 Å². The number of rotatable bonds is 9. The topological polar surface area (TPSA) is 70.1 Å². The predicted molar refractivity (Wildman–Crippen MR) is 118 cm³/mol. The van der Waals surface area contributed by atoms with Crippen LogP contribution in [0.1, 0.15) is 20.8 Å². The second-order valence-corrected chi connectivity index (χ2v) is 9.39. The number of anilines is 1. The van der Waals surface area contributed by atoms with Crippen LogP contribution in [0.3, 0.4) is 0 Å². The van der Waals surface area contributed by atoms with Gasteiger partial charge in [-0.3, -0.25) is 9.21 Å². The summed E-state index contributed by atoms with van der Waals surface area (Å²) in [5, 5.41) is 10.8. The predicted octanol–water partition coefficient (Wildman–Crippen LogP) is 2.94. The maximum Gasteiger partial charge on any atom is 0.248 e. The standard InChI is InChI=1S/C22H32N2O4S/c1-6-20(28-5)14-18(4)15-23(8-3)17-22(7-2)21(25)16-24(29(22,26)27)19-12-10-9-11-13-19/h6-7,9-14,21,25H,2,8,15-17H2,1,3-5H3/b18-14+,20-6+/t21-,22+/m0/s1. The van der Waals surface area contributed by atoms with Crippen LogP contribution in [0.4, 0.5) is 5.69 Å². The maximum atomic E-state index is 13.5. The van der Waals surface area contributed by atoms with Crippen LogP contribution in [0.15, 0.2) is 66.5 Å². The summed E-state index contributed by atoms with van der Waals surface area (Å²) in [6.45, 7) is 11.0. The highest BCUT2D eigenvalue weighted by atomic mass is 32.2. The van der Waals surface area contributed by atoms with Crippen LogP contribution in [-0.4, -0.2) is 62.6 Å². The monoisotopic (exact) mass is 420 g/mol. The molecule has 0 aliphatic carbocycles. The smallest absolute Gasteiger partial charge is 0.248 e. The summed E-state index contributed by atoms with van der Waals surface area (Å²) >= 11 is 0. The summed E-state index contributed by atoms with van der Waals surface area (Å²) in [7, 11) is -2.23. The van der Waals surface area contributed by atoms with Crippen LogP contribution in [0, 0.1) is 0 Å². The molecule has 1 N–H and O–H groups in total. The number of sulfonamides is 1. The third kappa shape index (κ3) is 4.57. The van der Waals surface area contributed by atoms with Gasteiger partial charge >= 0.3 is 0 Å². The van der Waals surface area contributed by atoms with Crippen LogP contribution >= 0.6 is 0 Å². The SMILES string of the molecule is C=C[C@@]1(CN(CC)C/C(C)=C/C(=C\C)OC)[C@@H](O)CN(c2ccccc2)S1(=O)=O. The van der Waals surface area contributed by atoms with E-state index >= 15 is 0 Å². The highest BCUT2D eigenvalue weighted by Gasteiger charge is 2.57. The molecule has 1 aromatic carbocycles. The number of aliphatic hydroxyl groups is 1. The zero-order chi connectivity index (χ0) is 21.7. The van der Waals surface area contributed by atoms with Gasteiger partial charge < -0.3 is 9.84 Å². The Kier molecular flexibility index (Phi) is 7.68. The Labute approximate surface area is 174 Å². The van der Waals surface area contributed by atoms with Gasteiger partial charge in [0, 0.05) is 13.1 Å². The highest BCUT2D eigenvalue weighted by Crippen LogP contribution is 2.38. The van der Waals surface area contributed by atoms with E-state index in [2.05, 4.69) is 6.58 Å². The molecule has 0 aromatic heterocycles. The minimum Gasteiger partial charge on any atom is -0.497 e. The first-order chi connectivity index (χ1) is 13.7. The molecule has 6 nitrogen and oxygen atoms in total. The molecule has 1 heterocycles. The van der Waals surface area contributed by atoms with E-state index in [1.807, 2.05) is 43.9 Å². The molecule has 0 unspecified atom stereocenters. The fourth-order valence-corrected chi connectivity index (χ4v) is 5.77. The number of likely N-dealkylation sites (N-methyl/N-ethyl adjacent to an activating group) is 1. The lowest BCUT2D eigenvalue weighted by atomic mass is 10.00. The van der Waals surface area contributed by atoms with Gasteiger partial charge in [0.05, 0.1) is 25.4 Å². The van der Waals surface area contributed by atoms with Crippen molar-refractivity contribution in [2.24, 2.45) is 0 Å². The van der Waals surface area contributed by atoms with Gasteiger partial charge in [-0.1, -0.05) is 36.8 Å². The van der Waals surface area contributed by atoms with Crippen LogP contribution in [0.2, 0.25) is 0 Å². The van der Waals surface area contributed by atoms with Crippen molar-refractivity contribution >= 4 is 15.7 Å². The molecule has 0 radical (unpaired) electrons. The second-order valence-electron chi connectivity index (χ2n) is 7.24. The van der Waals surface area contributed by atoms with Gasteiger partial charge in [-0.25, -0.2) is 8.42 Å². The van der Waals surface area contributed by atoms with Crippen molar-refractivity contribution in [3.05, 3.63) is 66.5 Å². The number of allylic oxidation sites excluding steroid dienone is 2. The zero-order valence-corrected chi connectivity index (χ0v) is 18.5. The maximum absolute atomic E-state index is 13.5. The molecule has 160 valence electrons. The molecule has 0 saturated carbocycles. The minimum absolute atomic E-state index is 0.0110. The lowest BCUT2D eigenvalue weighted by Gasteiger charge is -2.34. The summed E-state index contributed by atoms with van der Waals surface area (Å²) in [5.41, 5.74) is 1.58. The summed E-state index contributed by atoms with van der Waals surface area (Å²) in [6.07, 6.45) is 4.12. The van der Waals surface area contributed by atoms with Crippen LogP contribution in [-0.2, 0) is 14.8 Å². The normalized spacial score (nSPS) is 24.8. The highest BCUT2D eigenvalue weighted by molar-refractivity contribution is 7.94. The largest absolute Gasteiger partial charge is 0.497 e. The molecule has 0 spiro atoms. The number of aliphatic hydroxyl groups excluding tert-OH is 1. The third-order valence-electron chi connectivity index (χ3n) is 5.36. The summed E-state index contributed by atoms with van der Waals surface area (Å²) in [4.78, 5) is 2.01. The van der Waals surface area contributed by atoms with Gasteiger partial charge in [0.15, 0.2) is 0 Å². The zero-order valence-electron chi connectivity index (χ0n) is 17.7. The first kappa shape index (κ1) is 23.2. The summed E-state index contributed by atoms with van der Waals surface area (Å²) in [6, 6.07) is 8.86. The Morgan fingerprint density at radius 1 is 1.41 bits per heavy atom. The van der Waals surface area contributed by atoms with Gasteiger partial charge in [0.1, 0.15) is 10.5 Å². The Morgan fingerprint density at radius 2 is 2.07 bits per heavy atom. The molecule has 1 saturated heterocycles. The van der Waals surface area contributed by atoms with E-state index in [0.29, 0.717) is 18.8 Å². The number of β-amino-alcohol motifs (C(OH)–C–C–N with tert-alkyl or cyclic N) is 1. The summed E-state index contributed by atoms with van der Waals surface area (Å²) in [5.74, 6) is 0.751. The van der Waals surface area contributed by atoms with Crippen molar-refractivity contribution in [3.8, 4) is 0 Å². The van der Waals surface area contributed by atoms with E-state index in [4.69, 9.17) is 4.74 Å². The van der Waals surface area contributed by atoms with Gasteiger partial charge in [-0.15, -0.1) is 6.58 Å². The van der Waals surface area contributed by atoms with E-state index in [0.717, 1.165) is 11.3 Å². The number of benzene rings is 1. The molecule has 1 fully saturated rings. The van der Waals surface area contributed by atoms with Crippen LogP contribution < -0.4 is 4.31 Å². The fraction of sp³-hybridized carbons (Fsp3) is 0.455. The average Bonchev–Trinajstić information content (AvgIpc) is 2.92. The quantitative estimate of drug-likeness (QED) is 0.378. The summed E-state index contributed by atoms with van der Waals surface area (Å²) < 4.78 is 32.1. The molecule has 1 aromatic rings. The first-order valence-electron chi connectivity index (χ1n) is 9.74. The molecule has 2 atom stereocenters. The van der Waals surface area contributed by atoms with Gasteiger partial charge in [-0.05, 0) is 44.7 Å². The molecule has 0 bridgehead atoms. The van der Waals surface area contributed by atoms with Gasteiger partial charge in [0.25, 0.3) is 0 Å². The lowest BCUT2D eigenvalue weighted by Crippen LogP contribution is -2.52. The van der Waals surface area contributed by atoms with Crippen LogP contribution in [0.5, 0.6) is 0 Å². The Morgan fingerprint density at radius 3 is 2.59 bits per heavy atom. The Hall–Kier alpha value is -2.09. The number of hydrogen-bond donors (Lipinski definition) is 1. The molecule has 2 rings (SSSR count). The number of nitrogens with zero attached hydrogens (tertiary/aromatic N) is 2. The molecular formula is C22H32N2O4S. The second kappa shape index (κ2) is 9.61. The Bertz CT molecular complexity index is 864. The number of para-hydroxylation sites is 1. The van der Waals surface area contributed by atoms with E-state index in [1.165, 1.54) is 10.4 Å².